The van der Waals surface area contributed by atoms with Crippen LogP contribution in [0.2, 0.25) is 0 Å². The molecule has 0 saturated carbocycles. The molecule has 0 aromatic heterocycles. The normalized spacial score (nSPS) is 14.5. The summed E-state index contributed by atoms with van der Waals surface area (Å²) in [6, 6.07) is 20.0. The summed E-state index contributed by atoms with van der Waals surface area (Å²) < 4.78 is 5.54. The van der Waals surface area contributed by atoms with Gasteiger partial charge in [0.1, 0.15) is 5.54 Å². The number of carboxylic acid groups (broad SMARTS) is 2. The van der Waals surface area contributed by atoms with E-state index in [9.17, 15) is 9.59 Å². The minimum atomic E-state index is -1.82. The Morgan fingerprint density at radius 3 is 1.92 bits per heavy atom. The van der Waals surface area contributed by atoms with Crippen LogP contribution in [-0.4, -0.2) is 64.2 Å². The standard InChI is InChI=1S/C26H34N2O3.C2H2O4/c1-3-5-16-24(29)28(23-14-10-7-11-15-23)26(25(30)31-4-2)17-19-27(20-18-26)21-22-12-8-6-9-13-22;3-1(4)2(5)6/h6-15H,3-5,16-21H2,1-2H3;(H,3,4)(H,5,6). The number of carbonyl (C=O) groups excluding carboxylic acids is 2. The lowest BCUT2D eigenvalue weighted by Crippen LogP contribution is -2.62. The van der Waals surface area contributed by atoms with Crippen LogP contribution in [0.15, 0.2) is 60.7 Å². The highest BCUT2D eigenvalue weighted by atomic mass is 16.5. The summed E-state index contributed by atoms with van der Waals surface area (Å²) in [7, 11) is 0. The molecule has 1 heterocycles. The highest BCUT2D eigenvalue weighted by Gasteiger charge is 2.50. The number of anilines is 1. The number of nitrogens with zero attached hydrogens (tertiary/aromatic N) is 2. The van der Waals surface area contributed by atoms with Crippen molar-refractivity contribution in [2.75, 3.05) is 24.6 Å². The van der Waals surface area contributed by atoms with Crippen molar-refractivity contribution in [2.45, 2.75) is 58.0 Å². The largest absolute Gasteiger partial charge is 0.473 e. The molecule has 2 N–H and O–H groups in total. The summed E-state index contributed by atoms with van der Waals surface area (Å²) in [5.41, 5.74) is 1.06. The zero-order chi connectivity index (χ0) is 27.3. The molecule has 1 fully saturated rings. The molecule has 1 aliphatic rings. The van der Waals surface area contributed by atoms with E-state index in [0.29, 0.717) is 25.9 Å². The van der Waals surface area contributed by atoms with Crippen LogP contribution in [0.3, 0.4) is 0 Å². The van der Waals surface area contributed by atoms with Crippen LogP contribution in [0, 0.1) is 0 Å². The fourth-order valence-corrected chi connectivity index (χ4v) is 4.35. The Labute approximate surface area is 217 Å². The number of unbranched alkanes of at least 4 members (excludes halogenated alkanes) is 1. The van der Waals surface area contributed by atoms with Gasteiger partial charge in [-0.25, -0.2) is 14.4 Å². The van der Waals surface area contributed by atoms with E-state index in [1.54, 1.807) is 4.90 Å². The van der Waals surface area contributed by atoms with Gasteiger partial charge in [-0.05, 0) is 43.9 Å². The lowest BCUT2D eigenvalue weighted by Gasteiger charge is -2.46. The number of esters is 1. The average Bonchev–Trinajstić information content (AvgIpc) is 2.90. The number of carboxylic acids is 2. The van der Waals surface area contributed by atoms with Gasteiger partial charge in [0, 0.05) is 31.7 Å². The molecular weight excluding hydrogens is 476 g/mol. The third kappa shape index (κ3) is 8.42. The minimum Gasteiger partial charge on any atom is -0.473 e. The molecule has 2 aromatic rings. The minimum absolute atomic E-state index is 0.00221. The Hall–Kier alpha value is -3.72. The quantitative estimate of drug-likeness (QED) is 0.382. The third-order valence-electron chi connectivity index (χ3n) is 6.21. The van der Waals surface area contributed by atoms with Crippen molar-refractivity contribution in [3.63, 3.8) is 0 Å². The Bertz CT molecular complexity index is 1010. The van der Waals surface area contributed by atoms with Gasteiger partial charge < -0.3 is 14.9 Å². The molecule has 0 unspecified atom stereocenters. The van der Waals surface area contributed by atoms with Gasteiger partial charge in [-0.15, -0.1) is 0 Å². The lowest BCUT2D eigenvalue weighted by atomic mass is 9.84. The summed E-state index contributed by atoms with van der Waals surface area (Å²) >= 11 is 0. The number of aliphatic carboxylic acids is 2. The zero-order valence-electron chi connectivity index (χ0n) is 21.5. The number of rotatable bonds is 9. The maximum atomic E-state index is 13.4. The molecule has 9 nitrogen and oxygen atoms in total. The van der Waals surface area contributed by atoms with E-state index in [0.717, 1.165) is 38.2 Å². The topological polar surface area (TPSA) is 124 Å². The molecule has 3 rings (SSSR count). The monoisotopic (exact) mass is 512 g/mol. The molecule has 200 valence electrons. The van der Waals surface area contributed by atoms with Crippen molar-refractivity contribution in [3.8, 4) is 0 Å². The van der Waals surface area contributed by atoms with Crippen molar-refractivity contribution >= 4 is 29.5 Å². The molecule has 1 saturated heterocycles. The number of para-hydroxylation sites is 1. The van der Waals surface area contributed by atoms with E-state index < -0.39 is 17.5 Å². The first-order valence-corrected chi connectivity index (χ1v) is 12.5. The number of benzene rings is 2. The van der Waals surface area contributed by atoms with E-state index in [-0.39, 0.29) is 11.9 Å². The fraction of sp³-hybridized carbons (Fsp3) is 0.429. The molecule has 0 radical (unpaired) electrons. The van der Waals surface area contributed by atoms with Crippen LogP contribution < -0.4 is 4.90 Å². The number of piperidine rings is 1. The van der Waals surface area contributed by atoms with E-state index in [1.807, 2.05) is 55.5 Å². The van der Waals surface area contributed by atoms with Gasteiger partial charge in [0.25, 0.3) is 0 Å². The van der Waals surface area contributed by atoms with Crippen molar-refractivity contribution in [1.82, 2.24) is 4.90 Å². The Balaban J connectivity index is 0.000000717. The molecule has 0 bridgehead atoms. The number of hydrogen-bond donors (Lipinski definition) is 2. The Morgan fingerprint density at radius 1 is 0.892 bits per heavy atom. The van der Waals surface area contributed by atoms with Crippen molar-refractivity contribution in [2.24, 2.45) is 0 Å². The SMILES string of the molecule is CCCCC(=O)N(c1ccccc1)C1(C(=O)OCC)CCN(Cc2ccccc2)CC1.O=C(O)C(=O)O. The van der Waals surface area contributed by atoms with E-state index in [1.165, 1.54) is 5.56 Å². The highest BCUT2D eigenvalue weighted by molar-refractivity contribution is 6.27. The summed E-state index contributed by atoms with van der Waals surface area (Å²) in [5.74, 6) is -3.94. The summed E-state index contributed by atoms with van der Waals surface area (Å²) in [6.45, 7) is 6.51. The van der Waals surface area contributed by atoms with E-state index in [2.05, 4.69) is 24.0 Å². The first kappa shape index (κ1) is 29.5. The molecule has 0 aliphatic carbocycles. The number of ether oxygens (including phenoxy) is 1. The average molecular weight is 513 g/mol. The zero-order valence-corrected chi connectivity index (χ0v) is 21.5. The van der Waals surface area contributed by atoms with Crippen LogP contribution in [0.1, 0.15) is 51.5 Å². The predicted molar refractivity (Wildman–Crippen MR) is 139 cm³/mol. The van der Waals surface area contributed by atoms with Gasteiger partial charge in [0.2, 0.25) is 5.91 Å². The number of likely N-dealkylation sites (tertiary alicyclic amines) is 1. The van der Waals surface area contributed by atoms with Crippen LogP contribution in [0.25, 0.3) is 0 Å². The molecule has 1 amide bonds. The molecule has 37 heavy (non-hydrogen) atoms. The van der Waals surface area contributed by atoms with E-state index in [4.69, 9.17) is 24.5 Å². The number of amides is 1. The second kappa shape index (κ2) is 14.7. The molecule has 0 spiro atoms. The molecular formula is C28H36N2O7. The van der Waals surface area contributed by atoms with Crippen molar-refractivity contribution < 1.29 is 34.1 Å². The van der Waals surface area contributed by atoms with Crippen LogP contribution in [-0.2, 0) is 30.5 Å². The van der Waals surface area contributed by atoms with Crippen molar-refractivity contribution in [1.29, 1.82) is 0 Å². The van der Waals surface area contributed by atoms with Gasteiger partial charge in [-0.1, -0.05) is 61.9 Å². The van der Waals surface area contributed by atoms with Crippen LogP contribution in [0.4, 0.5) is 5.69 Å². The number of hydrogen-bond acceptors (Lipinski definition) is 6. The first-order valence-electron chi connectivity index (χ1n) is 12.5. The lowest BCUT2D eigenvalue weighted by molar-refractivity contribution is -0.159. The second-order valence-electron chi connectivity index (χ2n) is 8.79. The van der Waals surface area contributed by atoms with Gasteiger partial charge >= 0.3 is 17.9 Å². The second-order valence-corrected chi connectivity index (χ2v) is 8.79. The maximum absolute atomic E-state index is 13.4. The maximum Gasteiger partial charge on any atom is 0.414 e. The summed E-state index contributed by atoms with van der Waals surface area (Å²) in [6.07, 6.45) is 3.30. The number of carbonyl (C=O) groups is 4. The highest BCUT2D eigenvalue weighted by Crippen LogP contribution is 2.36. The first-order chi connectivity index (χ1) is 17.7. The fourth-order valence-electron chi connectivity index (χ4n) is 4.35. The Morgan fingerprint density at radius 2 is 1.43 bits per heavy atom. The smallest absolute Gasteiger partial charge is 0.414 e. The molecule has 1 aliphatic heterocycles. The van der Waals surface area contributed by atoms with Gasteiger partial charge in [-0.3, -0.25) is 14.6 Å². The van der Waals surface area contributed by atoms with Gasteiger partial charge in [-0.2, -0.15) is 0 Å². The summed E-state index contributed by atoms with van der Waals surface area (Å²) in [5, 5.41) is 14.8. The molecule has 2 aromatic carbocycles. The van der Waals surface area contributed by atoms with Crippen LogP contribution in [0.5, 0.6) is 0 Å². The Kier molecular flexibility index (Phi) is 11.8. The van der Waals surface area contributed by atoms with Gasteiger partial charge in [0.05, 0.1) is 6.61 Å². The van der Waals surface area contributed by atoms with Gasteiger partial charge in [0.15, 0.2) is 0 Å². The summed E-state index contributed by atoms with van der Waals surface area (Å²) in [4.78, 5) is 49.0. The van der Waals surface area contributed by atoms with Crippen molar-refractivity contribution in [3.05, 3.63) is 66.2 Å². The van der Waals surface area contributed by atoms with Crippen LogP contribution >= 0.6 is 0 Å². The third-order valence-corrected chi connectivity index (χ3v) is 6.21. The molecule has 0 atom stereocenters. The molecule has 9 heteroatoms. The van der Waals surface area contributed by atoms with E-state index >= 15 is 0 Å². The predicted octanol–water partition coefficient (Wildman–Crippen LogP) is 3.96.